The van der Waals surface area contributed by atoms with Gasteiger partial charge in [0.2, 0.25) is 0 Å². The van der Waals surface area contributed by atoms with Crippen LogP contribution >= 0.6 is 0 Å². The van der Waals surface area contributed by atoms with Gasteiger partial charge in [-0.05, 0) is 12.8 Å². The van der Waals surface area contributed by atoms with Crippen LogP contribution < -0.4 is 0 Å². The fourth-order valence-corrected chi connectivity index (χ4v) is 2.09. The lowest BCUT2D eigenvalue weighted by molar-refractivity contribution is -0.354. The van der Waals surface area contributed by atoms with E-state index in [0.29, 0.717) is 30.1 Å². The average molecular weight is 308 g/mol. The van der Waals surface area contributed by atoms with Crippen molar-refractivity contribution in [2.24, 2.45) is 5.92 Å². The smallest absolute Gasteiger partial charge is 0.273 e. The van der Waals surface area contributed by atoms with Gasteiger partial charge < -0.3 is 28.8 Å². The van der Waals surface area contributed by atoms with Gasteiger partial charge in [-0.25, -0.2) is 0 Å². The van der Waals surface area contributed by atoms with Crippen LogP contribution in [0.5, 0.6) is 0 Å². The van der Waals surface area contributed by atoms with E-state index < -0.39 is 5.97 Å². The Morgan fingerprint density at radius 3 is 2.20 bits per heavy atom. The Balaban J connectivity index is 4.39. The minimum atomic E-state index is -1.20. The van der Waals surface area contributed by atoms with E-state index in [-0.39, 0.29) is 32.3 Å². The number of hydrogen-bond donors (Lipinski definition) is 2. The molecule has 120 valence electrons. The van der Waals surface area contributed by atoms with Crippen LogP contribution in [0.4, 0.5) is 0 Å². The van der Waals surface area contributed by atoms with Crippen molar-refractivity contribution in [3.63, 3.8) is 0 Å². The summed E-state index contributed by atoms with van der Waals surface area (Å²) in [6, 6.07) is 0. The first-order chi connectivity index (χ1) is 9.49. The van der Waals surface area contributed by atoms with Crippen LogP contribution in [0.25, 0.3) is 0 Å². The van der Waals surface area contributed by atoms with Gasteiger partial charge in [0, 0.05) is 13.0 Å². The lowest BCUT2D eigenvalue weighted by Gasteiger charge is -2.34. The van der Waals surface area contributed by atoms with Gasteiger partial charge in [0.1, 0.15) is 0 Å². The Hall–Kier alpha value is -0.283. The third kappa shape index (κ3) is 8.80. The minimum absolute atomic E-state index is 0.115. The third-order valence-corrected chi connectivity index (χ3v) is 3.11. The van der Waals surface area contributed by atoms with Crippen molar-refractivity contribution in [2.75, 3.05) is 39.6 Å². The molecule has 0 aliphatic rings. The van der Waals surface area contributed by atoms with E-state index in [0.717, 1.165) is 5.57 Å². The molecule has 0 saturated heterocycles. The van der Waals surface area contributed by atoms with E-state index in [2.05, 4.69) is 6.58 Å². The molecule has 0 spiro atoms. The van der Waals surface area contributed by atoms with Crippen LogP contribution in [0.15, 0.2) is 12.2 Å². The van der Waals surface area contributed by atoms with Crippen molar-refractivity contribution >= 4 is 10.5 Å². The van der Waals surface area contributed by atoms with Crippen LogP contribution in [0, 0.1) is 5.92 Å². The van der Waals surface area contributed by atoms with Crippen molar-refractivity contribution in [3.8, 4) is 0 Å². The summed E-state index contributed by atoms with van der Waals surface area (Å²) in [6.07, 6.45) is 0.465. The summed E-state index contributed by atoms with van der Waals surface area (Å²) in [5.74, 6) is -1.07. The SMILES string of the molecule is C=C(C)COCC(C)CC(O[SiH3])(OCCO)OCCO. The second-order valence-electron chi connectivity index (χ2n) is 4.81. The van der Waals surface area contributed by atoms with E-state index in [4.69, 9.17) is 28.8 Å². The second-order valence-corrected chi connectivity index (χ2v) is 5.22. The van der Waals surface area contributed by atoms with Crippen LogP contribution in [0.1, 0.15) is 20.3 Å². The number of ether oxygens (including phenoxy) is 3. The third-order valence-electron chi connectivity index (χ3n) is 2.49. The number of rotatable bonds is 13. The average Bonchev–Trinajstić information content (AvgIpc) is 2.41. The lowest BCUT2D eigenvalue weighted by atomic mass is 10.1. The number of aliphatic hydroxyl groups excluding tert-OH is 2. The first kappa shape index (κ1) is 19.7. The van der Waals surface area contributed by atoms with E-state index in [9.17, 15) is 0 Å². The molecule has 20 heavy (non-hydrogen) atoms. The predicted molar refractivity (Wildman–Crippen MR) is 79.2 cm³/mol. The maximum atomic E-state index is 8.88. The summed E-state index contributed by atoms with van der Waals surface area (Å²) >= 11 is 0. The van der Waals surface area contributed by atoms with Gasteiger partial charge in [-0.15, -0.1) is 0 Å². The zero-order valence-corrected chi connectivity index (χ0v) is 14.8. The van der Waals surface area contributed by atoms with Crippen molar-refractivity contribution < 1.29 is 28.8 Å². The molecule has 0 amide bonds. The molecule has 0 aromatic heterocycles. The highest BCUT2D eigenvalue weighted by atomic mass is 28.2. The van der Waals surface area contributed by atoms with Crippen LogP contribution in [-0.2, 0) is 18.6 Å². The Morgan fingerprint density at radius 2 is 1.80 bits per heavy atom. The predicted octanol–water partition coefficient (Wildman–Crippen LogP) is -0.426. The van der Waals surface area contributed by atoms with Gasteiger partial charge in [-0.3, -0.25) is 0 Å². The van der Waals surface area contributed by atoms with Gasteiger partial charge >= 0.3 is 0 Å². The molecule has 7 heteroatoms. The lowest BCUT2D eigenvalue weighted by Crippen LogP contribution is -2.42. The summed E-state index contributed by atoms with van der Waals surface area (Å²) < 4.78 is 21.9. The molecule has 0 heterocycles. The highest BCUT2D eigenvalue weighted by Crippen LogP contribution is 2.24. The highest BCUT2D eigenvalue weighted by molar-refractivity contribution is 5.98. The Morgan fingerprint density at radius 1 is 1.25 bits per heavy atom. The Labute approximate surface area is 124 Å². The molecule has 0 rings (SSSR count). The second kappa shape index (κ2) is 11.4. The monoisotopic (exact) mass is 308 g/mol. The summed E-state index contributed by atoms with van der Waals surface area (Å²) in [6.45, 7) is 8.74. The number of hydrogen-bond acceptors (Lipinski definition) is 6. The first-order valence-electron chi connectivity index (χ1n) is 6.76. The molecule has 0 aliphatic heterocycles. The van der Waals surface area contributed by atoms with Crippen LogP contribution in [-0.4, -0.2) is 66.3 Å². The standard InChI is InChI=1S/C13H28O6Si/c1-11(2)9-16-10-12(3)8-13(19-20,17-6-4-14)18-7-5-15/h12,14-15H,1,4-10H2,2-3,20H3. The molecule has 0 radical (unpaired) electrons. The maximum absolute atomic E-state index is 8.88. The molecule has 1 atom stereocenters. The van der Waals surface area contributed by atoms with E-state index >= 15 is 0 Å². The zero-order valence-electron chi connectivity index (χ0n) is 12.8. The molecular formula is C13H28O6Si. The fourth-order valence-electron chi connectivity index (χ4n) is 1.68. The maximum Gasteiger partial charge on any atom is 0.273 e. The van der Waals surface area contributed by atoms with Gasteiger partial charge in [-0.1, -0.05) is 19.1 Å². The molecule has 0 aromatic rings. The zero-order chi connectivity index (χ0) is 15.4. The van der Waals surface area contributed by atoms with E-state index in [1.165, 1.54) is 0 Å². The first-order valence-corrected chi connectivity index (χ1v) is 7.58. The molecule has 2 N–H and O–H groups in total. The quantitative estimate of drug-likeness (QED) is 0.273. The molecule has 0 bridgehead atoms. The summed E-state index contributed by atoms with van der Waals surface area (Å²) in [5.41, 5.74) is 0.968. The van der Waals surface area contributed by atoms with Gasteiger partial charge in [0.15, 0.2) is 10.5 Å². The minimum Gasteiger partial charge on any atom is -0.394 e. The largest absolute Gasteiger partial charge is 0.394 e. The van der Waals surface area contributed by atoms with Gasteiger partial charge in [-0.2, -0.15) is 0 Å². The molecule has 0 aromatic carbocycles. The van der Waals surface area contributed by atoms with Crippen molar-refractivity contribution in [1.29, 1.82) is 0 Å². The van der Waals surface area contributed by atoms with Crippen molar-refractivity contribution in [2.45, 2.75) is 26.2 Å². The van der Waals surface area contributed by atoms with Crippen molar-refractivity contribution in [3.05, 3.63) is 12.2 Å². The summed E-state index contributed by atoms with van der Waals surface area (Å²) in [5, 5.41) is 17.8. The Bertz CT molecular complexity index is 253. The van der Waals surface area contributed by atoms with Gasteiger partial charge in [0.25, 0.3) is 5.97 Å². The fraction of sp³-hybridized carbons (Fsp3) is 0.846. The summed E-state index contributed by atoms with van der Waals surface area (Å²) in [7, 11) is 0.419. The van der Waals surface area contributed by atoms with Gasteiger partial charge in [0.05, 0.1) is 33.0 Å². The molecule has 1 unspecified atom stereocenters. The molecule has 6 nitrogen and oxygen atoms in total. The Kier molecular flexibility index (Phi) is 11.2. The van der Waals surface area contributed by atoms with E-state index in [1.807, 2.05) is 13.8 Å². The molecular weight excluding hydrogens is 280 g/mol. The van der Waals surface area contributed by atoms with Crippen LogP contribution in [0.3, 0.4) is 0 Å². The molecule has 0 fully saturated rings. The molecule has 0 saturated carbocycles. The van der Waals surface area contributed by atoms with Crippen molar-refractivity contribution in [1.82, 2.24) is 0 Å². The topological polar surface area (TPSA) is 77.4 Å². The highest BCUT2D eigenvalue weighted by Gasteiger charge is 2.33. The van der Waals surface area contributed by atoms with Crippen LogP contribution in [0.2, 0.25) is 0 Å². The number of aliphatic hydroxyl groups is 2. The molecule has 0 aliphatic carbocycles. The summed E-state index contributed by atoms with van der Waals surface area (Å²) in [4.78, 5) is 0. The normalized spacial score (nSPS) is 13.6. The van der Waals surface area contributed by atoms with E-state index in [1.54, 1.807) is 0 Å².